The summed E-state index contributed by atoms with van der Waals surface area (Å²) < 4.78 is 0. The number of allylic oxidation sites excluding steroid dienone is 1. The molecule has 0 fully saturated rings. The molecular formula is C11H11NO2. The average Bonchev–Trinajstić information content (AvgIpc) is 2.16. The molecule has 0 spiro atoms. The van der Waals surface area contributed by atoms with E-state index in [0.29, 0.717) is 11.3 Å². The summed E-state index contributed by atoms with van der Waals surface area (Å²) in [6.45, 7) is 4.74. The van der Waals surface area contributed by atoms with Gasteiger partial charge in [0.05, 0.1) is 5.57 Å². The molecule has 72 valence electrons. The van der Waals surface area contributed by atoms with Gasteiger partial charge in [-0.05, 0) is 31.2 Å². The van der Waals surface area contributed by atoms with Crippen molar-refractivity contribution in [3.63, 3.8) is 0 Å². The molecule has 0 radical (unpaired) electrons. The van der Waals surface area contributed by atoms with Gasteiger partial charge in [0.1, 0.15) is 0 Å². The Hall–Kier alpha value is -1.90. The highest BCUT2D eigenvalue weighted by Gasteiger charge is 2.13. The third-order valence-electron chi connectivity index (χ3n) is 1.87. The quantitative estimate of drug-likeness (QED) is 0.258. The first kappa shape index (κ1) is 10.2. The Labute approximate surface area is 82.2 Å². The van der Waals surface area contributed by atoms with Gasteiger partial charge in [-0.1, -0.05) is 6.58 Å². The van der Waals surface area contributed by atoms with E-state index in [2.05, 4.69) is 6.58 Å². The summed E-state index contributed by atoms with van der Waals surface area (Å²) in [7, 11) is 0. The van der Waals surface area contributed by atoms with Crippen LogP contribution in [0.25, 0.3) is 0 Å². The predicted molar refractivity (Wildman–Crippen MR) is 55.0 cm³/mol. The minimum absolute atomic E-state index is 0.00484. The zero-order valence-corrected chi connectivity index (χ0v) is 7.91. The number of nitrogens with two attached hydrogens (primary N) is 1. The lowest BCUT2D eigenvalue weighted by molar-refractivity contribution is -0.113. The zero-order valence-electron chi connectivity index (χ0n) is 7.91. The Kier molecular flexibility index (Phi) is 2.82. The molecule has 0 bridgehead atoms. The van der Waals surface area contributed by atoms with E-state index in [-0.39, 0.29) is 17.1 Å². The molecule has 0 aliphatic carbocycles. The van der Waals surface area contributed by atoms with E-state index in [1.54, 1.807) is 24.3 Å². The van der Waals surface area contributed by atoms with Crippen LogP contribution in [0.3, 0.4) is 0 Å². The molecule has 0 aromatic heterocycles. The number of nitrogen functional groups attached to an aromatic ring is 1. The predicted octanol–water partition coefficient (Wildman–Crippen LogP) is 1.60. The minimum atomic E-state index is -0.350. The van der Waals surface area contributed by atoms with E-state index < -0.39 is 0 Å². The zero-order chi connectivity index (χ0) is 10.7. The number of hydrogen-bond acceptors (Lipinski definition) is 3. The fourth-order valence-electron chi connectivity index (χ4n) is 0.969. The van der Waals surface area contributed by atoms with Crippen LogP contribution in [0.1, 0.15) is 17.3 Å². The smallest absolute Gasteiger partial charge is 0.195 e. The summed E-state index contributed by atoms with van der Waals surface area (Å²) in [5.74, 6) is -0.663. The second-order valence-corrected chi connectivity index (χ2v) is 2.99. The highest BCUT2D eigenvalue weighted by molar-refractivity contribution is 6.25. The second-order valence-electron chi connectivity index (χ2n) is 2.99. The lowest BCUT2D eigenvalue weighted by atomic mass is 10.0. The third kappa shape index (κ3) is 2.07. The maximum atomic E-state index is 11.5. The molecule has 3 heteroatoms. The molecule has 0 unspecified atom stereocenters. The number of hydrogen-bond donors (Lipinski definition) is 1. The van der Waals surface area contributed by atoms with Gasteiger partial charge in [0.15, 0.2) is 11.6 Å². The van der Waals surface area contributed by atoms with Crippen LogP contribution in [0.5, 0.6) is 0 Å². The molecule has 0 aliphatic rings. The molecule has 0 aliphatic heterocycles. The van der Waals surface area contributed by atoms with Gasteiger partial charge in [-0.2, -0.15) is 0 Å². The first-order valence-corrected chi connectivity index (χ1v) is 4.12. The molecule has 0 saturated heterocycles. The summed E-state index contributed by atoms with van der Waals surface area (Å²) in [6.07, 6.45) is 0. The van der Waals surface area contributed by atoms with Crippen LogP contribution in [0.4, 0.5) is 5.69 Å². The molecule has 1 rings (SSSR count). The van der Waals surface area contributed by atoms with E-state index in [1.165, 1.54) is 6.92 Å². The van der Waals surface area contributed by atoms with Crippen molar-refractivity contribution in [1.82, 2.24) is 0 Å². The topological polar surface area (TPSA) is 60.2 Å². The summed E-state index contributed by atoms with van der Waals surface area (Å²) in [5.41, 5.74) is 6.47. The minimum Gasteiger partial charge on any atom is -0.399 e. The lowest BCUT2D eigenvalue weighted by Crippen LogP contribution is -2.09. The molecule has 0 atom stereocenters. The Bertz CT molecular complexity index is 390. The van der Waals surface area contributed by atoms with E-state index >= 15 is 0 Å². The molecule has 3 nitrogen and oxygen atoms in total. The van der Waals surface area contributed by atoms with Gasteiger partial charge in [-0.15, -0.1) is 0 Å². The van der Waals surface area contributed by atoms with Crippen molar-refractivity contribution < 1.29 is 9.59 Å². The largest absolute Gasteiger partial charge is 0.399 e. The Morgan fingerprint density at radius 3 is 2.14 bits per heavy atom. The van der Waals surface area contributed by atoms with E-state index in [1.807, 2.05) is 0 Å². The van der Waals surface area contributed by atoms with E-state index in [0.717, 1.165) is 0 Å². The van der Waals surface area contributed by atoms with Crippen LogP contribution in [0, 0.1) is 0 Å². The number of carbonyl (C=O) groups is 2. The number of Topliss-reactive ketones (excluding diaryl/α,β-unsaturated/α-hetero) is 2. The average molecular weight is 189 g/mol. The number of anilines is 1. The van der Waals surface area contributed by atoms with Crippen molar-refractivity contribution in [3.8, 4) is 0 Å². The fourth-order valence-corrected chi connectivity index (χ4v) is 0.969. The fraction of sp³-hybridized carbons (Fsp3) is 0.0909. The van der Waals surface area contributed by atoms with Gasteiger partial charge in [-0.3, -0.25) is 9.59 Å². The number of rotatable bonds is 3. The summed E-state index contributed by atoms with van der Waals surface area (Å²) in [4.78, 5) is 22.4. The summed E-state index contributed by atoms with van der Waals surface area (Å²) >= 11 is 0. The first-order chi connectivity index (χ1) is 6.52. The Morgan fingerprint density at radius 1 is 1.21 bits per heavy atom. The molecule has 0 amide bonds. The van der Waals surface area contributed by atoms with Gasteiger partial charge in [0.2, 0.25) is 0 Å². The summed E-state index contributed by atoms with van der Waals surface area (Å²) in [6, 6.07) is 6.37. The van der Waals surface area contributed by atoms with E-state index in [4.69, 9.17) is 5.73 Å². The number of carbonyl (C=O) groups excluding carboxylic acids is 2. The van der Waals surface area contributed by atoms with Crippen molar-refractivity contribution in [2.75, 3.05) is 5.73 Å². The number of benzene rings is 1. The molecule has 0 saturated carbocycles. The van der Waals surface area contributed by atoms with Crippen molar-refractivity contribution in [3.05, 3.63) is 42.0 Å². The van der Waals surface area contributed by atoms with Gasteiger partial charge >= 0.3 is 0 Å². The Morgan fingerprint density at radius 2 is 1.71 bits per heavy atom. The van der Waals surface area contributed by atoms with Crippen molar-refractivity contribution in [2.24, 2.45) is 0 Å². The highest BCUT2D eigenvalue weighted by atomic mass is 16.1. The van der Waals surface area contributed by atoms with Crippen LogP contribution in [-0.2, 0) is 4.79 Å². The van der Waals surface area contributed by atoms with Gasteiger partial charge < -0.3 is 5.73 Å². The Balaban J connectivity index is 2.96. The monoisotopic (exact) mass is 189 g/mol. The first-order valence-electron chi connectivity index (χ1n) is 4.12. The number of ketones is 2. The van der Waals surface area contributed by atoms with Crippen LogP contribution in [0.15, 0.2) is 36.4 Å². The molecule has 0 heterocycles. The van der Waals surface area contributed by atoms with Crippen molar-refractivity contribution >= 4 is 17.3 Å². The van der Waals surface area contributed by atoms with Gasteiger partial charge in [-0.25, -0.2) is 0 Å². The lowest BCUT2D eigenvalue weighted by Gasteiger charge is -2.01. The van der Waals surface area contributed by atoms with Gasteiger partial charge in [0.25, 0.3) is 0 Å². The maximum absolute atomic E-state index is 11.5. The van der Waals surface area contributed by atoms with Crippen LogP contribution in [-0.4, -0.2) is 11.6 Å². The molecule has 14 heavy (non-hydrogen) atoms. The molecular weight excluding hydrogens is 178 g/mol. The van der Waals surface area contributed by atoms with Crippen LogP contribution in [0.2, 0.25) is 0 Å². The molecule has 1 aromatic rings. The van der Waals surface area contributed by atoms with Crippen molar-refractivity contribution in [2.45, 2.75) is 6.92 Å². The normalized spacial score (nSPS) is 9.50. The second kappa shape index (κ2) is 3.87. The third-order valence-corrected chi connectivity index (χ3v) is 1.87. The standard InChI is InChI=1S/C11H11NO2/c1-7(8(2)13)11(14)9-3-5-10(12)6-4-9/h3-6H,1,12H2,2H3. The van der Waals surface area contributed by atoms with E-state index in [9.17, 15) is 9.59 Å². The van der Waals surface area contributed by atoms with Crippen LogP contribution >= 0.6 is 0 Å². The molecule has 2 N–H and O–H groups in total. The molecule has 1 aromatic carbocycles. The van der Waals surface area contributed by atoms with Gasteiger partial charge in [0, 0.05) is 11.3 Å². The van der Waals surface area contributed by atoms with Crippen molar-refractivity contribution in [1.29, 1.82) is 0 Å². The maximum Gasteiger partial charge on any atom is 0.195 e. The summed E-state index contributed by atoms with van der Waals surface area (Å²) in [5, 5.41) is 0. The highest BCUT2D eigenvalue weighted by Crippen LogP contribution is 2.10. The van der Waals surface area contributed by atoms with Crippen LogP contribution < -0.4 is 5.73 Å². The SMILES string of the molecule is C=C(C(C)=O)C(=O)c1ccc(N)cc1.